The zero-order valence-corrected chi connectivity index (χ0v) is 11.4. The van der Waals surface area contributed by atoms with Crippen molar-refractivity contribution < 1.29 is 28.2 Å². The minimum absolute atomic E-state index is 0.0243. The Hall–Kier alpha value is -2.02. The smallest absolute Gasteiger partial charge is 0.311 e. The van der Waals surface area contributed by atoms with Crippen LogP contribution in [-0.2, 0) is 9.53 Å². The summed E-state index contributed by atoms with van der Waals surface area (Å²) in [5, 5.41) is 9.12. The van der Waals surface area contributed by atoms with Gasteiger partial charge in [0.05, 0.1) is 19.3 Å². The van der Waals surface area contributed by atoms with Gasteiger partial charge in [0.1, 0.15) is 23.1 Å². The summed E-state index contributed by atoms with van der Waals surface area (Å²) < 4.78 is 32.5. The van der Waals surface area contributed by atoms with Crippen LogP contribution >= 0.6 is 0 Å². The van der Waals surface area contributed by atoms with Crippen LogP contribution in [0.2, 0.25) is 0 Å². The lowest BCUT2D eigenvalue weighted by atomic mass is 10.0. The Morgan fingerprint density at radius 2 is 1.95 bits per heavy atom. The van der Waals surface area contributed by atoms with Gasteiger partial charge in [0, 0.05) is 6.54 Å². The third-order valence-corrected chi connectivity index (χ3v) is 3.55. The molecule has 5 nitrogen and oxygen atoms in total. The molecule has 2 rings (SSSR count). The van der Waals surface area contributed by atoms with Crippen molar-refractivity contribution in [2.45, 2.75) is 13.0 Å². The molecule has 1 saturated heterocycles. The summed E-state index contributed by atoms with van der Waals surface area (Å²) in [4.78, 5) is 24.7. The lowest BCUT2D eigenvalue weighted by Gasteiger charge is -2.29. The number of carbonyl (C=O) groups is 2. The summed E-state index contributed by atoms with van der Waals surface area (Å²) in [7, 11) is 0. The first-order valence-corrected chi connectivity index (χ1v) is 6.52. The van der Waals surface area contributed by atoms with Gasteiger partial charge >= 0.3 is 5.97 Å². The second kappa shape index (κ2) is 6.17. The molecule has 1 aliphatic heterocycles. The second-order valence-corrected chi connectivity index (χ2v) is 4.74. The molecule has 1 aromatic rings. The van der Waals surface area contributed by atoms with Crippen LogP contribution in [0.25, 0.3) is 0 Å². The van der Waals surface area contributed by atoms with Crippen LogP contribution < -0.4 is 0 Å². The summed E-state index contributed by atoms with van der Waals surface area (Å²) in [5.41, 5.74) is -0.671. The summed E-state index contributed by atoms with van der Waals surface area (Å²) in [6.45, 7) is 1.76. The van der Waals surface area contributed by atoms with Crippen molar-refractivity contribution in [1.29, 1.82) is 0 Å². The van der Waals surface area contributed by atoms with Gasteiger partial charge in [-0.15, -0.1) is 0 Å². The molecule has 0 saturated carbocycles. The summed E-state index contributed by atoms with van der Waals surface area (Å²) in [6.07, 6.45) is 0. The Kier molecular flexibility index (Phi) is 4.52. The van der Waals surface area contributed by atoms with E-state index in [1.54, 1.807) is 6.92 Å². The first-order chi connectivity index (χ1) is 9.97. The van der Waals surface area contributed by atoms with Crippen molar-refractivity contribution in [2.75, 3.05) is 19.8 Å². The minimum atomic E-state index is -1.10. The zero-order valence-electron chi connectivity index (χ0n) is 11.4. The van der Waals surface area contributed by atoms with Gasteiger partial charge in [0.2, 0.25) is 0 Å². The first-order valence-electron chi connectivity index (χ1n) is 6.52. The maximum atomic E-state index is 13.7. The van der Waals surface area contributed by atoms with Gasteiger partial charge in [-0.2, -0.15) is 0 Å². The first kappa shape index (κ1) is 15.4. The molecule has 21 heavy (non-hydrogen) atoms. The average molecular weight is 299 g/mol. The molecule has 1 fully saturated rings. The summed E-state index contributed by atoms with van der Waals surface area (Å²) >= 11 is 0. The Bertz CT molecular complexity index is 544. The second-order valence-electron chi connectivity index (χ2n) is 4.74. The molecule has 7 heteroatoms. The number of likely N-dealkylation sites (N-methyl/N-ethyl adjacent to an activating group) is 1. The van der Waals surface area contributed by atoms with Gasteiger partial charge in [0.25, 0.3) is 5.91 Å². The molecule has 0 bridgehead atoms. The van der Waals surface area contributed by atoms with Gasteiger partial charge in [0.15, 0.2) is 0 Å². The van der Waals surface area contributed by atoms with Crippen molar-refractivity contribution in [3.8, 4) is 0 Å². The van der Waals surface area contributed by atoms with E-state index in [4.69, 9.17) is 9.84 Å². The molecule has 0 radical (unpaired) electrons. The maximum absolute atomic E-state index is 13.7. The fourth-order valence-corrected chi connectivity index (χ4v) is 2.46. The Balaban J connectivity index is 2.33. The minimum Gasteiger partial charge on any atom is -0.481 e. The van der Waals surface area contributed by atoms with Crippen molar-refractivity contribution in [3.05, 3.63) is 35.4 Å². The van der Waals surface area contributed by atoms with Gasteiger partial charge in [-0.05, 0) is 19.1 Å². The Morgan fingerprint density at radius 3 is 2.48 bits per heavy atom. The molecule has 1 aromatic carbocycles. The van der Waals surface area contributed by atoms with E-state index in [1.165, 1.54) is 0 Å². The Labute approximate surface area is 120 Å². The lowest BCUT2D eigenvalue weighted by molar-refractivity contribution is -0.142. The van der Waals surface area contributed by atoms with Crippen LogP contribution in [0.15, 0.2) is 18.2 Å². The Morgan fingerprint density at radius 1 is 1.33 bits per heavy atom. The van der Waals surface area contributed by atoms with Crippen LogP contribution in [0.1, 0.15) is 17.3 Å². The number of carboxylic acid groups (broad SMARTS) is 1. The molecular weight excluding hydrogens is 284 g/mol. The van der Waals surface area contributed by atoms with E-state index in [2.05, 4.69) is 0 Å². The van der Waals surface area contributed by atoms with Crippen LogP contribution in [0.4, 0.5) is 8.78 Å². The molecule has 114 valence electrons. The molecule has 1 amide bonds. The van der Waals surface area contributed by atoms with Crippen molar-refractivity contribution in [2.24, 2.45) is 5.92 Å². The molecule has 0 aliphatic carbocycles. The number of halogens is 2. The fraction of sp³-hybridized carbons (Fsp3) is 0.429. The topological polar surface area (TPSA) is 66.8 Å². The quantitative estimate of drug-likeness (QED) is 0.915. The molecular formula is C14H15F2NO4. The van der Waals surface area contributed by atoms with Gasteiger partial charge < -0.3 is 14.7 Å². The zero-order chi connectivity index (χ0) is 15.6. The highest BCUT2D eigenvalue weighted by Crippen LogP contribution is 2.23. The predicted molar refractivity (Wildman–Crippen MR) is 68.8 cm³/mol. The number of benzene rings is 1. The van der Waals surface area contributed by atoms with E-state index in [-0.39, 0.29) is 19.8 Å². The highest BCUT2D eigenvalue weighted by atomic mass is 19.1. The van der Waals surface area contributed by atoms with E-state index in [1.807, 2.05) is 0 Å². The molecule has 1 N–H and O–H groups in total. The standard InChI is InChI=1S/C14H15F2NO4/c1-2-17(11-7-21-6-8(11)14(19)20)13(18)12-9(15)4-3-5-10(12)16/h3-5,8,11H,2,6-7H2,1H3,(H,19,20). The van der Waals surface area contributed by atoms with Crippen LogP contribution in [0.5, 0.6) is 0 Å². The molecule has 2 unspecified atom stereocenters. The fourth-order valence-electron chi connectivity index (χ4n) is 2.46. The third kappa shape index (κ3) is 2.87. The van der Waals surface area contributed by atoms with Gasteiger partial charge in [-0.25, -0.2) is 8.78 Å². The average Bonchev–Trinajstić information content (AvgIpc) is 2.88. The number of carboxylic acids is 1. The number of rotatable bonds is 4. The number of hydrogen-bond donors (Lipinski definition) is 1. The number of nitrogens with zero attached hydrogens (tertiary/aromatic N) is 1. The van der Waals surface area contributed by atoms with Crippen molar-refractivity contribution >= 4 is 11.9 Å². The monoisotopic (exact) mass is 299 g/mol. The van der Waals surface area contributed by atoms with Gasteiger partial charge in [-0.3, -0.25) is 9.59 Å². The van der Waals surface area contributed by atoms with Crippen LogP contribution in [0, 0.1) is 17.6 Å². The van der Waals surface area contributed by atoms with E-state index < -0.39 is 41.0 Å². The molecule has 1 aliphatic rings. The van der Waals surface area contributed by atoms with E-state index in [0.717, 1.165) is 23.1 Å². The van der Waals surface area contributed by atoms with E-state index >= 15 is 0 Å². The van der Waals surface area contributed by atoms with Crippen molar-refractivity contribution in [3.63, 3.8) is 0 Å². The van der Waals surface area contributed by atoms with Crippen LogP contribution in [-0.4, -0.2) is 47.7 Å². The van der Waals surface area contributed by atoms with E-state index in [9.17, 15) is 18.4 Å². The third-order valence-electron chi connectivity index (χ3n) is 3.55. The lowest BCUT2D eigenvalue weighted by Crippen LogP contribution is -2.47. The molecule has 2 atom stereocenters. The largest absolute Gasteiger partial charge is 0.481 e. The van der Waals surface area contributed by atoms with Gasteiger partial charge in [-0.1, -0.05) is 6.07 Å². The molecule has 0 aromatic heterocycles. The highest BCUT2D eigenvalue weighted by Gasteiger charge is 2.40. The molecule has 0 spiro atoms. The normalized spacial score (nSPS) is 21.3. The maximum Gasteiger partial charge on any atom is 0.311 e. The van der Waals surface area contributed by atoms with E-state index in [0.29, 0.717) is 0 Å². The number of hydrogen-bond acceptors (Lipinski definition) is 3. The SMILES string of the molecule is CCN(C(=O)c1c(F)cccc1F)C1COCC1C(=O)O. The number of carbonyl (C=O) groups excluding carboxylic acids is 1. The number of amides is 1. The summed E-state index contributed by atoms with van der Waals surface area (Å²) in [6, 6.07) is 2.41. The predicted octanol–water partition coefficient (Wildman–Crippen LogP) is 1.53. The van der Waals surface area contributed by atoms with Crippen LogP contribution in [0.3, 0.4) is 0 Å². The number of ether oxygens (including phenoxy) is 1. The highest BCUT2D eigenvalue weighted by molar-refractivity contribution is 5.95. The molecule has 1 heterocycles. The number of aliphatic carboxylic acids is 1. The van der Waals surface area contributed by atoms with Crippen molar-refractivity contribution in [1.82, 2.24) is 4.90 Å². The summed E-state index contributed by atoms with van der Waals surface area (Å²) in [5.74, 6) is -4.80.